The maximum atomic E-state index is 12.8. The molecule has 0 bridgehead atoms. The van der Waals surface area contributed by atoms with Crippen LogP contribution in [0.5, 0.6) is 11.5 Å². The van der Waals surface area contributed by atoms with E-state index in [9.17, 15) is 19.8 Å². The van der Waals surface area contributed by atoms with E-state index in [2.05, 4.69) is 5.32 Å². The summed E-state index contributed by atoms with van der Waals surface area (Å²) < 4.78 is 0. The first-order valence-electron chi connectivity index (χ1n) is 8.44. The lowest BCUT2D eigenvalue weighted by atomic mass is 9.90. The zero-order valence-corrected chi connectivity index (χ0v) is 15.2. The molecule has 5 nitrogen and oxygen atoms in total. The van der Waals surface area contributed by atoms with Gasteiger partial charge in [0.2, 0.25) is 11.6 Å². The van der Waals surface area contributed by atoms with E-state index in [0.29, 0.717) is 5.69 Å². The quantitative estimate of drug-likeness (QED) is 0.563. The first-order chi connectivity index (χ1) is 13.5. The number of phenols is 2. The van der Waals surface area contributed by atoms with Crippen molar-refractivity contribution in [2.75, 3.05) is 5.32 Å². The Morgan fingerprint density at radius 1 is 0.679 bits per heavy atom. The molecule has 0 amide bonds. The molecule has 1 aliphatic carbocycles. The van der Waals surface area contributed by atoms with Crippen LogP contribution in [0.2, 0.25) is 0 Å². The number of hydrogen-bond donors (Lipinski definition) is 3. The lowest BCUT2D eigenvalue weighted by Gasteiger charge is -2.20. The number of ketones is 2. The number of aromatic hydroxyl groups is 2. The lowest BCUT2D eigenvalue weighted by Crippen LogP contribution is -2.24. The second-order valence-electron chi connectivity index (χ2n) is 6.27. The van der Waals surface area contributed by atoms with Gasteiger partial charge in [-0.05, 0) is 35.4 Å². The van der Waals surface area contributed by atoms with Gasteiger partial charge in [0.1, 0.15) is 22.2 Å². The molecule has 0 unspecified atom stereocenters. The molecule has 0 spiro atoms. The monoisotopic (exact) mass is 391 g/mol. The number of rotatable bonds is 3. The Kier molecular flexibility index (Phi) is 4.37. The van der Waals surface area contributed by atoms with E-state index in [1.165, 1.54) is 0 Å². The standard InChI is InChI=1S/C22H14ClNO4/c23-19-20(22(28)18-16(26)11-10-15(25)17(18)21(19)27)24-14-8-6-13(7-9-14)12-4-2-1-3-5-12/h1-11,24-26H. The van der Waals surface area contributed by atoms with Crippen molar-refractivity contribution >= 4 is 28.9 Å². The minimum absolute atomic E-state index is 0.146. The third-order valence-electron chi connectivity index (χ3n) is 4.52. The van der Waals surface area contributed by atoms with Crippen molar-refractivity contribution in [3.05, 3.63) is 88.6 Å². The number of carbonyl (C=O) groups excluding carboxylic acids is 2. The lowest BCUT2D eigenvalue weighted by molar-refractivity contribution is 0.0977. The summed E-state index contributed by atoms with van der Waals surface area (Å²) in [7, 11) is 0. The predicted molar refractivity (Wildman–Crippen MR) is 107 cm³/mol. The van der Waals surface area contributed by atoms with Gasteiger partial charge in [-0.1, -0.05) is 54.1 Å². The molecule has 3 N–H and O–H groups in total. The SMILES string of the molecule is O=C1C(Cl)=C(Nc2ccc(-c3ccccc3)cc2)C(=O)c2c(O)ccc(O)c21. The minimum atomic E-state index is -0.729. The molecule has 1 aliphatic rings. The topological polar surface area (TPSA) is 86.6 Å². The number of benzene rings is 3. The van der Waals surface area contributed by atoms with Gasteiger partial charge in [-0.2, -0.15) is 0 Å². The highest BCUT2D eigenvalue weighted by molar-refractivity contribution is 6.50. The van der Waals surface area contributed by atoms with Crippen LogP contribution in [-0.4, -0.2) is 21.8 Å². The van der Waals surface area contributed by atoms with E-state index in [0.717, 1.165) is 23.3 Å². The van der Waals surface area contributed by atoms with Gasteiger partial charge in [0.15, 0.2) is 0 Å². The molecule has 28 heavy (non-hydrogen) atoms. The van der Waals surface area contributed by atoms with Gasteiger partial charge in [-0.3, -0.25) is 9.59 Å². The van der Waals surface area contributed by atoms with Crippen LogP contribution in [0.3, 0.4) is 0 Å². The molecule has 3 aromatic carbocycles. The summed E-state index contributed by atoms with van der Waals surface area (Å²) in [5.41, 5.74) is 1.89. The van der Waals surface area contributed by atoms with Gasteiger partial charge >= 0.3 is 0 Å². The molecule has 3 aromatic rings. The Bertz CT molecular complexity index is 1140. The van der Waals surface area contributed by atoms with E-state index in [1.54, 1.807) is 12.1 Å². The number of fused-ring (bicyclic) bond motifs is 1. The zero-order valence-electron chi connectivity index (χ0n) is 14.4. The summed E-state index contributed by atoms with van der Waals surface area (Å²) in [5.74, 6) is -2.20. The molecule has 138 valence electrons. The summed E-state index contributed by atoms with van der Waals surface area (Å²) in [4.78, 5) is 25.3. The first-order valence-corrected chi connectivity index (χ1v) is 8.82. The summed E-state index contributed by atoms with van der Waals surface area (Å²) in [5, 5.41) is 22.5. The van der Waals surface area contributed by atoms with E-state index in [4.69, 9.17) is 11.6 Å². The minimum Gasteiger partial charge on any atom is -0.507 e. The first kappa shape index (κ1) is 17.8. The van der Waals surface area contributed by atoms with Crippen LogP contribution in [-0.2, 0) is 0 Å². The molecular weight excluding hydrogens is 378 g/mol. The van der Waals surface area contributed by atoms with E-state index in [-0.39, 0.29) is 21.9 Å². The van der Waals surface area contributed by atoms with Crippen LogP contribution in [0.4, 0.5) is 5.69 Å². The Labute approximate surface area is 165 Å². The predicted octanol–water partition coefficient (Wildman–Crippen LogP) is 4.71. The zero-order chi connectivity index (χ0) is 19.8. The maximum absolute atomic E-state index is 12.8. The molecule has 4 rings (SSSR count). The number of nitrogens with one attached hydrogen (secondary N) is 1. The second kappa shape index (κ2) is 6.87. The molecule has 0 heterocycles. The molecule has 0 aliphatic heterocycles. The average Bonchev–Trinajstić information content (AvgIpc) is 2.72. The molecule has 6 heteroatoms. The summed E-state index contributed by atoms with van der Waals surface area (Å²) in [6.07, 6.45) is 0. The van der Waals surface area contributed by atoms with E-state index < -0.39 is 23.1 Å². The largest absolute Gasteiger partial charge is 0.507 e. The van der Waals surface area contributed by atoms with Crippen molar-refractivity contribution in [2.24, 2.45) is 0 Å². The van der Waals surface area contributed by atoms with Crippen molar-refractivity contribution < 1.29 is 19.8 Å². The highest BCUT2D eigenvalue weighted by Gasteiger charge is 2.36. The number of halogens is 1. The van der Waals surface area contributed by atoms with Crippen molar-refractivity contribution in [3.8, 4) is 22.6 Å². The van der Waals surface area contributed by atoms with Gasteiger partial charge in [-0.15, -0.1) is 0 Å². The fraction of sp³-hybridized carbons (Fsp3) is 0. The maximum Gasteiger partial charge on any atom is 0.215 e. The van der Waals surface area contributed by atoms with Gasteiger partial charge in [-0.25, -0.2) is 0 Å². The Morgan fingerprint density at radius 3 is 1.82 bits per heavy atom. The second-order valence-corrected chi connectivity index (χ2v) is 6.65. The number of hydrogen-bond acceptors (Lipinski definition) is 5. The van der Waals surface area contributed by atoms with Crippen LogP contribution in [0, 0.1) is 0 Å². The van der Waals surface area contributed by atoms with Crippen molar-refractivity contribution in [1.82, 2.24) is 0 Å². The van der Waals surface area contributed by atoms with Crippen LogP contribution in [0.15, 0.2) is 77.5 Å². The number of carbonyl (C=O) groups is 2. The van der Waals surface area contributed by atoms with Crippen molar-refractivity contribution in [2.45, 2.75) is 0 Å². The van der Waals surface area contributed by atoms with Crippen LogP contribution in [0.25, 0.3) is 11.1 Å². The Morgan fingerprint density at radius 2 is 1.21 bits per heavy atom. The van der Waals surface area contributed by atoms with Crippen LogP contribution >= 0.6 is 11.6 Å². The fourth-order valence-electron chi connectivity index (χ4n) is 3.12. The van der Waals surface area contributed by atoms with Gasteiger partial charge in [0.05, 0.1) is 11.1 Å². The Balaban J connectivity index is 1.68. The molecule has 0 fully saturated rings. The highest BCUT2D eigenvalue weighted by atomic mass is 35.5. The van der Waals surface area contributed by atoms with Gasteiger partial charge < -0.3 is 15.5 Å². The molecule has 0 saturated heterocycles. The Hall–Kier alpha value is -3.57. The van der Waals surface area contributed by atoms with Crippen LogP contribution in [0.1, 0.15) is 20.7 Å². The third-order valence-corrected chi connectivity index (χ3v) is 4.88. The van der Waals surface area contributed by atoms with Gasteiger partial charge in [0.25, 0.3) is 0 Å². The summed E-state index contributed by atoms with van der Waals surface area (Å²) in [6.45, 7) is 0. The van der Waals surface area contributed by atoms with E-state index in [1.807, 2.05) is 42.5 Å². The molecule has 0 aromatic heterocycles. The van der Waals surface area contributed by atoms with Crippen molar-refractivity contribution in [3.63, 3.8) is 0 Å². The smallest absolute Gasteiger partial charge is 0.215 e. The molecule has 0 atom stereocenters. The number of anilines is 1. The highest BCUT2D eigenvalue weighted by Crippen LogP contribution is 2.38. The number of Topliss-reactive ketones (excluding diaryl/α,β-unsaturated/α-hetero) is 2. The van der Waals surface area contributed by atoms with Gasteiger partial charge in [0, 0.05) is 5.69 Å². The molecule has 0 saturated carbocycles. The van der Waals surface area contributed by atoms with E-state index >= 15 is 0 Å². The third kappa shape index (κ3) is 2.92. The van der Waals surface area contributed by atoms with Crippen LogP contribution < -0.4 is 5.32 Å². The number of allylic oxidation sites excluding steroid dienone is 2. The fourth-order valence-corrected chi connectivity index (χ4v) is 3.35. The molecular formula is C22H14ClNO4. The average molecular weight is 392 g/mol. The normalized spacial score (nSPS) is 13.5. The van der Waals surface area contributed by atoms with Crippen molar-refractivity contribution in [1.29, 1.82) is 0 Å². The summed E-state index contributed by atoms with van der Waals surface area (Å²) in [6, 6.07) is 19.4. The summed E-state index contributed by atoms with van der Waals surface area (Å²) >= 11 is 6.11. The molecule has 0 radical (unpaired) electrons. The number of phenolic OH excluding ortho intramolecular Hbond substituents is 2.